The van der Waals surface area contributed by atoms with Gasteiger partial charge in [-0.1, -0.05) is 48.5 Å². The lowest BCUT2D eigenvalue weighted by atomic mass is 10.1. The Kier molecular flexibility index (Phi) is 2.43. The largest absolute Gasteiger partial charge is 0.308 e. The van der Waals surface area contributed by atoms with Gasteiger partial charge in [0.2, 0.25) is 0 Å². The molecule has 2 heterocycles. The summed E-state index contributed by atoms with van der Waals surface area (Å²) in [5, 5.41) is 6.14. The van der Waals surface area contributed by atoms with Crippen molar-refractivity contribution in [2.45, 2.75) is 0 Å². The molecule has 0 amide bonds. The molecule has 0 atom stereocenters. The number of benzene rings is 3. The van der Waals surface area contributed by atoms with E-state index in [4.69, 9.17) is 0 Å². The van der Waals surface area contributed by atoms with Crippen LogP contribution in [0.15, 0.2) is 78.2 Å². The third-order valence-corrected chi connectivity index (χ3v) is 5.21. The summed E-state index contributed by atoms with van der Waals surface area (Å²) in [6, 6.07) is 26.0. The highest BCUT2D eigenvalue weighted by atomic mass is 32.1. The maximum Gasteiger partial charge on any atom is 0.0719 e. The second-order valence-electron chi connectivity index (χ2n) is 5.49. The summed E-state index contributed by atoms with van der Waals surface area (Å²) in [6.07, 6.45) is 0. The zero-order valence-electron chi connectivity index (χ0n) is 11.9. The topological polar surface area (TPSA) is 4.93 Å². The van der Waals surface area contributed by atoms with Crippen LogP contribution in [0.2, 0.25) is 0 Å². The van der Waals surface area contributed by atoms with E-state index in [1.807, 2.05) is 11.3 Å². The molecule has 0 fully saturated rings. The van der Waals surface area contributed by atoms with Crippen LogP contribution in [0, 0.1) is 0 Å². The zero-order valence-corrected chi connectivity index (χ0v) is 12.7. The highest BCUT2D eigenvalue weighted by Crippen LogP contribution is 2.38. The molecule has 0 aliphatic rings. The van der Waals surface area contributed by atoms with E-state index in [1.165, 1.54) is 37.6 Å². The normalized spacial score (nSPS) is 11.6. The quantitative estimate of drug-likeness (QED) is 0.358. The van der Waals surface area contributed by atoms with E-state index in [2.05, 4.69) is 82.7 Å². The molecule has 0 aliphatic carbocycles. The molecule has 0 saturated heterocycles. The van der Waals surface area contributed by atoms with E-state index in [9.17, 15) is 0 Å². The molecule has 2 aromatic heterocycles. The van der Waals surface area contributed by atoms with Gasteiger partial charge < -0.3 is 4.57 Å². The van der Waals surface area contributed by atoms with Crippen LogP contribution in [0.1, 0.15) is 0 Å². The summed E-state index contributed by atoms with van der Waals surface area (Å²) in [5.41, 5.74) is 3.80. The Morgan fingerprint density at radius 1 is 0.682 bits per heavy atom. The van der Waals surface area contributed by atoms with E-state index in [0.29, 0.717) is 0 Å². The molecule has 22 heavy (non-hydrogen) atoms. The molecule has 104 valence electrons. The third-order valence-electron chi connectivity index (χ3n) is 4.27. The van der Waals surface area contributed by atoms with E-state index in [1.54, 1.807) is 0 Å². The van der Waals surface area contributed by atoms with Crippen LogP contribution in [0.4, 0.5) is 0 Å². The molecule has 5 aromatic rings. The predicted molar refractivity (Wildman–Crippen MR) is 96.2 cm³/mol. The highest BCUT2D eigenvalue weighted by molar-refractivity contribution is 7.18. The first-order chi connectivity index (χ1) is 10.9. The van der Waals surface area contributed by atoms with Gasteiger partial charge in [-0.25, -0.2) is 0 Å². The van der Waals surface area contributed by atoms with Crippen molar-refractivity contribution in [2.24, 2.45) is 0 Å². The number of hydrogen-bond donors (Lipinski definition) is 0. The average Bonchev–Trinajstić information content (AvgIpc) is 3.17. The van der Waals surface area contributed by atoms with Gasteiger partial charge in [-0.2, -0.15) is 0 Å². The van der Waals surface area contributed by atoms with Crippen molar-refractivity contribution in [2.75, 3.05) is 0 Å². The summed E-state index contributed by atoms with van der Waals surface area (Å²) in [4.78, 5) is 0. The molecule has 0 unspecified atom stereocenters. The first-order valence-corrected chi connectivity index (χ1v) is 8.26. The van der Waals surface area contributed by atoms with Gasteiger partial charge in [-0.05, 0) is 35.0 Å². The lowest BCUT2D eigenvalue weighted by molar-refractivity contribution is 1.19. The first-order valence-electron chi connectivity index (χ1n) is 7.38. The van der Waals surface area contributed by atoms with Crippen molar-refractivity contribution in [3.8, 4) is 5.69 Å². The van der Waals surface area contributed by atoms with Crippen molar-refractivity contribution < 1.29 is 0 Å². The van der Waals surface area contributed by atoms with Gasteiger partial charge in [0.1, 0.15) is 0 Å². The number of hydrogen-bond acceptors (Lipinski definition) is 1. The molecule has 0 saturated carbocycles. The number of thiophene rings is 1. The van der Waals surface area contributed by atoms with E-state index in [0.717, 1.165) is 0 Å². The summed E-state index contributed by atoms with van der Waals surface area (Å²) >= 11 is 1.82. The van der Waals surface area contributed by atoms with Crippen LogP contribution in [0.3, 0.4) is 0 Å². The lowest BCUT2D eigenvalue weighted by Crippen LogP contribution is -1.92. The molecule has 2 heteroatoms. The molecule has 0 N–H and O–H groups in total. The fourth-order valence-electron chi connectivity index (χ4n) is 3.32. The number of aromatic nitrogens is 1. The Hall–Kier alpha value is -2.58. The Morgan fingerprint density at radius 3 is 2.41 bits per heavy atom. The van der Waals surface area contributed by atoms with Gasteiger partial charge >= 0.3 is 0 Å². The molecule has 0 aliphatic heterocycles. The molecule has 5 rings (SSSR count). The Bertz CT molecular complexity index is 1120. The average molecular weight is 299 g/mol. The number of fused-ring (bicyclic) bond motifs is 5. The minimum Gasteiger partial charge on any atom is -0.308 e. The lowest BCUT2D eigenvalue weighted by Gasteiger charge is -2.07. The SMILES string of the molecule is c1ccc(-n2c3ccccc3c3ccc4ccsc4c32)cc1. The minimum absolute atomic E-state index is 1.22. The monoisotopic (exact) mass is 299 g/mol. The second kappa shape index (κ2) is 4.46. The van der Waals surface area contributed by atoms with E-state index < -0.39 is 0 Å². The van der Waals surface area contributed by atoms with Gasteiger partial charge in [-0.15, -0.1) is 11.3 Å². The van der Waals surface area contributed by atoms with Crippen LogP contribution in [-0.2, 0) is 0 Å². The van der Waals surface area contributed by atoms with Crippen molar-refractivity contribution >= 4 is 43.2 Å². The van der Waals surface area contributed by atoms with Crippen molar-refractivity contribution in [3.63, 3.8) is 0 Å². The molecule has 0 spiro atoms. The Balaban J connectivity index is 2.10. The molecular formula is C20H13NS. The minimum atomic E-state index is 1.22. The number of nitrogens with zero attached hydrogens (tertiary/aromatic N) is 1. The van der Waals surface area contributed by atoms with Crippen LogP contribution in [0.5, 0.6) is 0 Å². The fourth-order valence-corrected chi connectivity index (χ4v) is 4.25. The van der Waals surface area contributed by atoms with E-state index in [-0.39, 0.29) is 0 Å². The van der Waals surface area contributed by atoms with Crippen LogP contribution < -0.4 is 0 Å². The summed E-state index contributed by atoms with van der Waals surface area (Å²) in [7, 11) is 0. The number of rotatable bonds is 1. The third kappa shape index (κ3) is 1.53. The van der Waals surface area contributed by atoms with Gasteiger partial charge in [0.15, 0.2) is 0 Å². The Labute approximate surface area is 132 Å². The predicted octanol–water partition coefficient (Wildman–Crippen LogP) is 6.00. The molecule has 1 nitrogen and oxygen atoms in total. The summed E-state index contributed by atoms with van der Waals surface area (Å²) < 4.78 is 3.75. The fraction of sp³-hybridized carbons (Fsp3) is 0. The first kappa shape index (κ1) is 12.0. The van der Waals surface area contributed by atoms with Gasteiger partial charge in [0.05, 0.1) is 15.7 Å². The van der Waals surface area contributed by atoms with Gasteiger partial charge in [-0.3, -0.25) is 0 Å². The van der Waals surface area contributed by atoms with Crippen molar-refractivity contribution in [1.29, 1.82) is 0 Å². The van der Waals surface area contributed by atoms with Gasteiger partial charge in [0.25, 0.3) is 0 Å². The second-order valence-corrected chi connectivity index (χ2v) is 6.40. The molecule has 3 aromatic carbocycles. The maximum atomic E-state index is 2.39. The summed E-state index contributed by atoms with van der Waals surface area (Å²) in [5.74, 6) is 0. The van der Waals surface area contributed by atoms with Crippen LogP contribution in [-0.4, -0.2) is 4.57 Å². The Morgan fingerprint density at radius 2 is 1.50 bits per heavy atom. The smallest absolute Gasteiger partial charge is 0.0719 e. The standard InChI is InChI=1S/C20H13NS/c1-2-6-15(7-3-1)21-18-9-5-4-8-16(18)17-11-10-14-12-13-22-20(14)19(17)21/h1-13H. The number of para-hydroxylation sites is 2. The molecule has 0 bridgehead atoms. The van der Waals surface area contributed by atoms with Crippen LogP contribution >= 0.6 is 11.3 Å². The maximum absolute atomic E-state index is 2.39. The summed E-state index contributed by atoms with van der Waals surface area (Å²) in [6.45, 7) is 0. The van der Waals surface area contributed by atoms with Crippen molar-refractivity contribution in [1.82, 2.24) is 4.57 Å². The molecular weight excluding hydrogens is 286 g/mol. The van der Waals surface area contributed by atoms with Crippen LogP contribution in [0.25, 0.3) is 37.6 Å². The zero-order chi connectivity index (χ0) is 14.5. The highest BCUT2D eigenvalue weighted by Gasteiger charge is 2.14. The van der Waals surface area contributed by atoms with Crippen molar-refractivity contribution in [3.05, 3.63) is 78.2 Å². The van der Waals surface area contributed by atoms with E-state index >= 15 is 0 Å². The van der Waals surface area contributed by atoms with Gasteiger partial charge in [0, 0.05) is 16.5 Å². The molecule has 0 radical (unpaired) electrons.